The van der Waals surface area contributed by atoms with Gasteiger partial charge in [-0.1, -0.05) is 29.8 Å². The molecule has 0 saturated carbocycles. The number of nitrogens with two attached hydrogens (primary N) is 1. The Balaban J connectivity index is 2.30. The van der Waals surface area contributed by atoms with Crippen LogP contribution in [0, 0.1) is 0 Å². The van der Waals surface area contributed by atoms with E-state index in [4.69, 9.17) is 27.2 Å². The number of hydrogen-bond acceptors (Lipinski definition) is 5. The number of aliphatic hydroxyl groups is 1. The van der Waals surface area contributed by atoms with Gasteiger partial charge in [0.05, 0.1) is 6.20 Å². The van der Waals surface area contributed by atoms with Crippen molar-refractivity contribution in [1.29, 1.82) is 0 Å². The summed E-state index contributed by atoms with van der Waals surface area (Å²) >= 11 is 5.92. The molecule has 0 aliphatic heterocycles. The highest BCUT2D eigenvalue weighted by Gasteiger charge is 2.09. The molecule has 2 rings (SSSR count). The van der Waals surface area contributed by atoms with Crippen LogP contribution in [0.25, 0.3) is 0 Å². The second-order valence-corrected chi connectivity index (χ2v) is 3.97. The van der Waals surface area contributed by atoms with Crippen LogP contribution in [0.2, 0.25) is 5.02 Å². The fraction of sp³-hybridized carbons (Fsp3) is 0.167. The summed E-state index contributed by atoms with van der Waals surface area (Å²) in [5.74, 6) is 0.884. The third-order valence-electron chi connectivity index (χ3n) is 2.29. The molecular weight excluding hydrogens is 254 g/mol. The lowest BCUT2D eigenvalue weighted by Crippen LogP contribution is -1.99. The van der Waals surface area contributed by atoms with Gasteiger partial charge in [0.2, 0.25) is 11.8 Å². The molecule has 3 N–H and O–H groups in total. The maximum absolute atomic E-state index is 8.98. The van der Waals surface area contributed by atoms with E-state index in [0.29, 0.717) is 12.2 Å². The van der Waals surface area contributed by atoms with Crippen molar-refractivity contribution in [2.75, 3.05) is 12.3 Å². The van der Waals surface area contributed by atoms with Crippen LogP contribution in [0.1, 0.15) is 5.56 Å². The highest BCUT2D eigenvalue weighted by molar-refractivity contribution is 6.31. The lowest BCUT2D eigenvalue weighted by molar-refractivity contribution is 0.297. The number of ether oxygens (including phenoxy) is 1. The van der Waals surface area contributed by atoms with Crippen molar-refractivity contribution >= 4 is 17.5 Å². The maximum atomic E-state index is 8.98. The van der Waals surface area contributed by atoms with Gasteiger partial charge in [0.25, 0.3) is 0 Å². The number of para-hydroxylation sites is 1. The first-order chi connectivity index (χ1) is 8.70. The van der Waals surface area contributed by atoms with E-state index in [9.17, 15) is 0 Å². The van der Waals surface area contributed by atoms with Crippen molar-refractivity contribution in [3.63, 3.8) is 0 Å². The minimum absolute atomic E-state index is 0.0417. The van der Waals surface area contributed by atoms with Gasteiger partial charge < -0.3 is 15.6 Å². The van der Waals surface area contributed by atoms with Gasteiger partial charge in [0, 0.05) is 6.61 Å². The van der Waals surface area contributed by atoms with E-state index >= 15 is 0 Å². The van der Waals surface area contributed by atoms with Crippen LogP contribution in [0.15, 0.2) is 30.5 Å². The van der Waals surface area contributed by atoms with Crippen LogP contribution >= 0.6 is 11.6 Å². The Morgan fingerprint density at radius 3 is 2.89 bits per heavy atom. The van der Waals surface area contributed by atoms with E-state index in [1.165, 1.54) is 6.20 Å². The van der Waals surface area contributed by atoms with Crippen molar-refractivity contribution in [3.8, 4) is 11.6 Å². The van der Waals surface area contributed by atoms with Crippen LogP contribution in [0.4, 0.5) is 5.95 Å². The minimum Gasteiger partial charge on any atom is -0.437 e. The highest BCUT2D eigenvalue weighted by atomic mass is 35.5. The molecule has 1 aromatic heterocycles. The summed E-state index contributed by atoms with van der Waals surface area (Å²) in [7, 11) is 0. The Morgan fingerprint density at radius 2 is 2.11 bits per heavy atom. The summed E-state index contributed by atoms with van der Waals surface area (Å²) < 4.78 is 5.60. The zero-order chi connectivity index (χ0) is 13.0. The predicted octanol–water partition coefficient (Wildman–Crippen LogP) is 2.04. The normalized spacial score (nSPS) is 10.3. The Kier molecular flexibility index (Phi) is 3.96. The van der Waals surface area contributed by atoms with Crippen LogP contribution < -0.4 is 10.5 Å². The molecule has 0 atom stereocenters. The average Bonchev–Trinajstić information content (AvgIpc) is 2.36. The van der Waals surface area contributed by atoms with Gasteiger partial charge in [-0.3, -0.25) is 0 Å². The fourth-order valence-corrected chi connectivity index (χ4v) is 1.60. The van der Waals surface area contributed by atoms with E-state index in [2.05, 4.69) is 9.97 Å². The quantitative estimate of drug-likeness (QED) is 0.884. The highest BCUT2D eigenvalue weighted by Crippen LogP contribution is 2.29. The molecule has 0 unspecified atom stereocenters. The molecule has 0 bridgehead atoms. The number of rotatable bonds is 4. The zero-order valence-electron chi connectivity index (χ0n) is 9.51. The van der Waals surface area contributed by atoms with Crippen LogP contribution in [-0.2, 0) is 6.42 Å². The number of hydrogen-bond donors (Lipinski definition) is 2. The van der Waals surface area contributed by atoms with Gasteiger partial charge in [-0.05, 0) is 18.1 Å². The summed E-state index contributed by atoms with van der Waals surface area (Å²) in [5, 5.41) is 9.26. The largest absolute Gasteiger partial charge is 0.437 e. The number of anilines is 1. The third kappa shape index (κ3) is 2.88. The summed E-state index contributed by atoms with van der Waals surface area (Å²) in [5.41, 5.74) is 6.35. The van der Waals surface area contributed by atoms with Crippen molar-refractivity contribution in [2.24, 2.45) is 0 Å². The van der Waals surface area contributed by atoms with E-state index in [1.807, 2.05) is 18.2 Å². The average molecular weight is 266 g/mol. The fourth-order valence-electron chi connectivity index (χ4n) is 1.47. The molecule has 0 saturated heterocycles. The van der Waals surface area contributed by atoms with E-state index in [-0.39, 0.29) is 23.5 Å². The van der Waals surface area contributed by atoms with Crippen LogP contribution in [0.3, 0.4) is 0 Å². The Labute approximate surface area is 109 Å². The molecule has 0 radical (unpaired) electrons. The Hall–Kier alpha value is -1.85. The van der Waals surface area contributed by atoms with Crippen molar-refractivity contribution in [3.05, 3.63) is 41.0 Å². The molecule has 0 amide bonds. The lowest BCUT2D eigenvalue weighted by Gasteiger charge is -2.10. The SMILES string of the molecule is Nc1ncc(Cl)c(Oc2ccccc2CCO)n1. The number of benzene rings is 1. The lowest BCUT2D eigenvalue weighted by atomic mass is 10.1. The molecule has 0 fully saturated rings. The summed E-state index contributed by atoms with van der Waals surface area (Å²) in [6.07, 6.45) is 1.88. The van der Waals surface area contributed by atoms with Gasteiger partial charge in [0.1, 0.15) is 10.8 Å². The second-order valence-electron chi connectivity index (χ2n) is 3.56. The van der Waals surface area contributed by atoms with Crippen molar-refractivity contribution in [2.45, 2.75) is 6.42 Å². The Bertz CT molecular complexity index is 549. The van der Waals surface area contributed by atoms with Gasteiger partial charge in [-0.2, -0.15) is 4.98 Å². The number of nitrogens with zero attached hydrogens (tertiary/aromatic N) is 2. The van der Waals surface area contributed by atoms with Crippen LogP contribution in [-0.4, -0.2) is 21.7 Å². The molecule has 2 aromatic rings. The third-order valence-corrected chi connectivity index (χ3v) is 2.55. The standard InChI is InChI=1S/C12H12ClN3O2/c13-9-7-15-12(14)16-11(9)18-10-4-2-1-3-8(10)5-6-17/h1-4,7,17H,5-6H2,(H2,14,15,16). The van der Waals surface area contributed by atoms with Crippen molar-refractivity contribution < 1.29 is 9.84 Å². The first kappa shape index (κ1) is 12.6. The first-order valence-corrected chi connectivity index (χ1v) is 5.73. The molecule has 5 nitrogen and oxygen atoms in total. The predicted molar refractivity (Wildman–Crippen MR) is 68.8 cm³/mol. The molecule has 18 heavy (non-hydrogen) atoms. The minimum atomic E-state index is 0.0417. The topological polar surface area (TPSA) is 81.3 Å². The summed E-state index contributed by atoms with van der Waals surface area (Å²) in [4.78, 5) is 7.67. The van der Waals surface area contributed by atoms with Crippen molar-refractivity contribution in [1.82, 2.24) is 9.97 Å². The van der Waals surface area contributed by atoms with Crippen LogP contribution in [0.5, 0.6) is 11.6 Å². The summed E-state index contributed by atoms with van der Waals surface area (Å²) in [6.45, 7) is 0.0417. The number of aromatic nitrogens is 2. The van der Waals surface area contributed by atoms with E-state index < -0.39 is 0 Å². The molecule has 6 heteroatoms. The number of nitrogen functional groups attached to an aromatic ring is 1. The molecule has 0 aliphatic carbocycles. The molecule has 94 valence electrons. The van der Waals surface area contributed by atoms with E-state index in [0.717, 1.165) is 5.56 Å². The second kappa shape index (κ2) is 5.66. The molecule has 0 spiro atoms. The van der Waals surface area contributed by atoms with Gasteiger partial charge >= 0.3 is 0 Å². The monoisotopic (exact) mass is 265 g/mol. The molecule has 0 aliphatic rings. The maximum Gasteiger partial charge on any atom is 0.243 e. The zero-order valence-corrected chi connectivity index (χ0v) is 10.3. The number of aliphatic hydroxyl groups excluding tert-OH is 1. The molecule has 1 aromatic carbocycles. The summed E-state index contributed by atoms with van der Waals surface area (Å²) in [6, 6.07) is 7.34. The smallest absolute Gasteiger partial charge is 0.243 e. The van der Waals surface area contributed by atoms with E-state index in [1.54, 1.807) is 6.07 Å². The van der Waals surface area contributed by atoms with Gasteiger partial charge in [-0.15, -0.1) is 0 Å². The molecule has 1 heterocycles. The van der Waals surface area contributed by atoms with Gasteiger partial charge in [0.15, 0.2) is 0 Å². The Morgan fingerprint density at radius 1 is 1.33 bits per heavy atom. The number of halogens is 1. The first-order valence-electron chi connectivity index (χ1n) is 5.35. The van der Waals surface area contributed by atoms with Gasteiger partial charge in [-0.25, -0.2) is 4.98 Å². The molecular formula is C12H12ClN3O2.